The van der Waals surface area contributed by atoms with Crippen LogP contribution >= 0.6 is 0 Å². The van der Waals surface area contributed by atoms with Crippen LogP contribution in [-0.2, 0) is 9.53 Å². The van der Waals surface area contributed by atoms with Crippen molar-refractivity contribution in [2.75, 3.05) is 0 Å². The van der Waals surface area contributed by atoms with Gasteiger partial charge in [-0.15, -0.1) is 0 Å². The fourth-order valence-corrected chi connectivity index (χ4v) is 3.56. The Kier molecular flexibility index (Phi) is 5.34. The largest absolute Gasteiger partial charge is 0.479 e. The maximum atomic E-state index is 11.4. The van der Waals surface area contributed by atoms with Crippen LogP contribution in [-0.4, -0.2) is 60.4 Å². The van der Waals surface area contributed by atoms with E-state index in [9.17, 15) is 25.2 Å². The van der Waals surface area contributed by atoms with Crippen LogP contribution in [0.5, 0.6) is 0 Å². The van der Waals surface area contributed by atoms with Gasteiger partial charge in [0.1, 0.15) is 18.3 Å². The Labute approximate surface area is 156 Å². The number of aliphatic carboxylic acids is 1. The summed E-state index contributed by atoms with van der Waals surface area (Å²) in [5, 5.41) is 39.6. The first-order valence-electron chi connectivity index (χ1n) is 8.74. The lowest BCUT2D eigenvalue weighted by molar-refractivity contribution is -0.247. The predicted octanol–water partition coefficient (Wildman–Crippen LogP) is 0.716. The van der Waals surface area contributed by atoms with Gasteiger partial charge in [-0.2, -0.15) is 0 Å². The van der Waals surface area contributed by atoms with Gasteiger partial charge in [0.15, 0.2) is 12.3 Å². The summed E-state index contributed by atoms with van der Waals surface area (Å²) in [6.07, 6.45) is -4.68. The first-order chi connectivity index (χ1) is 12.7. The number of aromatic nitrogens is 2. The molecule has 0 spiro atoms. The van der Waals surface area contributed by atoms with E-state index in [2.05, 4.69) is 4.98 Å². The van der Waals surface area contributed by atoms with Gasteiger partial charge in [-0.05, 0) is 30.5 Å². The average Bonchev–Trinajstić information content (AvgIpc) is 3.11. The van der Waals surface area contributed by atoms with E-state index in [0.717, 1.165) is 16.7 Å². The van der Waals surface area contributed by atoms with E-state index in [1.165, 1.54) is 10.9 Å². The summed E-state index contributed by atoms with van der Waals surface area (Å²) in [5.74, 6) is -1.53. The molecule has 0 saturated carbocycles. The molecule has 2 heterocycles. The molecule has 6 atom stereocenters. The topological polar surface area (TPSA) is 125 Å². The minimum Gasteiger partial charge on any atom is -0.479 e. The van der Waals surface area contributed by atoms with Crippen LogP contribution < -0.4 is 0 Å². The van der Waals surface area contributed by atoms with Gasteiger partial charge in [0.05, 0.1) is 6.33 Å². The molecule has 1 aliphatic rings. The molecule has 0 aliphatic carbocycles. The van der Waals surface area contributed by atoms with Crippen molar-refractivity contribution in [1.82, 2.24) is 9.55 Å². The molecule has 0 amide bonds. The average molecular weight is 376 g/mol. The third-order valence-corrected chi connectivity index (χ3v) is 5.36. The first kappa shape index (κ1) is 19.5. The second kappa shape index (κ2) is 7.40. The smallest absolute Gasteiger partial charge is 0.335 e. The lowest BCUT2D eigenvalue weighted by Crippen LogP contribution is -2.57. The van der Waals surface area contributed by atoms with Crippen LogP contribution in [0.4, 0.5) is 0 Å². The molecule has 1 aromatic carbocycles. The van der Waals surface area contributed by atoms with Gasteiger partial charge in [-0.25, -0.2) is 9.78 Å². The number of imidazole rings is 1. The van der Waals surface area contributed by atoms with Crippen molar-refractivity contribution in [2.45, 2.75) is 57.3 Å². The number of rotatable bonds is 4. The van der Waals surface area contributed by atoms with Crippen molar-refractivity contribution in [2.24, 2.45) is 0 Å². The highest BCUT2D eigenvalue weighted by atomic mass is 16.6. The zero-order valence-electron chi connectivity index (χ0n) is 15.4. The number of carboxylic acids is 1. The number of hydrogen-bond acceptors (Lipinski definition) is 6. The molecule has 4 N–H and O–H groups in total. The zero-order chi connectivity index (χ0) is 19.9. The number of aliphatic hydroxyl groups excluding tert-OH is 3. The Bertz CT molecular complexity index is 835. The minimum atomic E-state index is -1.72. The number of ether oxygens (including phenoxy) is 1. The van der Waals surface area contributed by atoms with Crippen LogP contribution in [0.2, 0.25) is 0 Å². The Hall–Kier alpha value is -2.26. The fourth-order valence-electron chi connectivity index (χ4n) is 3.56. The number of benzene rings is 1. The van der Waals surface area contributed by atoms with Crippen LogP contribution in [0.25, 0.3) is 0 Å². The molecule has 146 valence electrons. The molecular weight excluding hydrogens is 352 g/mol. The number of aryl methyl sites for hydroxylation is 1. The van der Waals surface area contributed by atoms with E-state index in [1.54, 1.807) is 6.20 Å². The molecule has 8 nitrogen and oxygen atoms in total. The number of carbonyl (C=O) groups is 1. The third kappa shape index (κ3) is 3.37. The lowest BCUT2D eigenvalue weighted by Gasteiger charge is -2.40. The summed E-state index contributed by atoms with van der Waals surface area (Å²) in [4.78, 5) is 15.5. The van der Waals surface area contributed by atoms with E-state index in [-0.39, 0.29) is 5.92 Å². The molecule has 1 aliphatic heterocycles. The molecule has 1 saturated heterocycles. The molecule has 1 unspecified atom stereocenters. The number of carboxylic acid groups (broad SMARTS) is 1. The summed E-state index contributed by atoms with van der Waals surface area (Å²) in [6, 6.07) is 5.98. The van der Waals surface area contributed by atoms with Gasteiger partial charge in [-0.3, -0.25) is 0 Å². The standard InChI is InChI=1S/C19H24N2O6/c1-9-5-4-6-12(10(9)2)11(3)13-7-20-8-21(13)18-16(24)14(22)15(23)17(27-18)19(25)26/h4-8,11,14-18,22-24H,1-3H3,(H,25,26)/t11-,14-,15-,16+,17-,18?/m0/s1. The van der Waals surface area contributed by atoms with Gasteiger partial charge in [0, 0.05) is 17.8 Å². The van der Waals surface area contributed by atoms with Gasteiger partial charge in [-0.1, -0.05) is 25.1 Å². The highest BCUT2D eigenvalue weighted by Gasteiger charge is 2.48. The van der Waals surface area contributed by atoms with Crippen molar-refractivity contribution >= 4 is 5.97 Å². The SMILES string of the molecule is Cc1cccc([C@H](C)c2cncn2C2O[C@H](C(=O)O)[C@@H](O)[C@H](O)[C@H]2O)c1C. The highest BCUT2D eigenvalue weighted by molar-refractivity contribution is 5.73. The summed E-state index contributed by atoms with van der Waals surface area (Å²) < 4.78 is 6.95. The third-order valence-electron chi connectivity index (χ3n) is 5.36. The molecule has 27 heavy (non-hydrogen) atoms. The van der Waals surface area contributed by atoms with Crippen LogP contribution in [0, 0.1) is 13.8 Å². The van der Waals surface area contributed by atoms with E-state index in [1.807, 2.05) is 39.0 Å². The minimum absolute atomic E-state index is 0.115. The summed E-state index contributed by atoms with van der Waals surface area (Å²) >= 11 is 0. The molecule has 1 fully saturated rings. The lowest BCUT2D eigenvalue weighted by atomic mass is 9.91. The van der Waals surface area contributed by atoms with Crippen LogP contribution in [0.15, 0.2) is 30.7 Å². The summed E-state index contributed by atoms with van der Waals surface area (Å²) in [7, 11) is 0. The van der Waals surface area contributed by atoms with Crippen molar-refractivity contribution in [3.63, 3.8) is 0 Å². The van der Waals surface area contributed by atoms with E-state index in [4.69, 9.17) is 4.74 Å². The van der Waals surface area contributed by atoms with E-state index in [0.29, 0.717) is 5.69 Å². The molecule has 2 aromatic rings. The number of aliphatic hydroxyl groups is 3. The summed E-state index contributed by atoms with van der Waals surface area (Å²) in [5.41, 5.74) is 4.03. The molecule has 0 radical (unpaired) electrons. The van der Waals surface area contributed by atoms with Crippen molar-refractivity contribution in [3.05, 3.63) is 53.1 Å². The highest BCUT2D eigenvalue weighted by Crippen LogP contribution is 2.34. The van der Waals surface area contributed by atoms with Gasteiger partial charge < -0.3 is 29.7 Å². The molecule has 0 bridgehead atoms. The van der Waals surface area contributed by atoms with Gasteiger partial charge >= 0.3 is 5.97 Å². The normalized spacial score (nSPS) is 29.5. The van der Waals surface area contributed by atoms with E-state index < -0.39 is 36.6 Å². The Balaban J connectivity index is 1.98. The molecule has 1 aromatic heterocycles. The maximum Gasteiger partial charge on any atom is 0.335 e. The summed E-state index contributed by atoms with van der Waals surface area (Å²) in [6.45, 7) is 6.02. The second-order valence-corrected chi connectivity index (χ2v) is 6.99. The number of nitrogens with zero attached hydrogens (tertiary/aromatic N) is 2. The predicted molar refractivity (Wildman–Crippen MR) is 95.2 cm³/mol. The van der Waals surface area contributed by atoms with Gasteiger partial charge in [0.25, 0.3) is 0 Å². The zero-order valence-corrected chi connectivity index (χ0v) is 15.4. The first-order valence-corrected chi connectivity index (χ1v) is 8.74. The van der Waals surface area contributed by atoms with Gasteiger partial charge in [0.2, 0.25) is 0 Å². The van der Waals surface area contributed by atoms with E-state index >= 15 is 0 Å². The molecule has 8 heteroatoms. The fraction of sp³-hybridized carbons (Fsp3) is 0.474. The van der Waals surface area contributed by atoms with Crippen molar-refractivity contribution in [1.29, 1.82) is 0 Å². The van der Waals surface area contributed by atoms with Crippen molar-refractivity contribution in [3.8, 4) is 0 Å². The van der Waals surface area contributed by atoms with Crippen molar-refractivity contribution < 1.29 is 30.0 Å². The second-order valence-electron chi connectivity index (χ2n) is 6.99. The van der Waals surface area contributed by atoms with Crippen LogP contribution in [0.1, 0.15) is 41.5 Å². The Morgan fingerprint density at radius 3 is 2.56 bits per heavy atom. The maximum absolute atomic E-state index is 11.4. The monoisotopic (exact) mass is 376 g/mol. The Morgan fingerprint density at radius 2 is 1.89 bits per heavy atom. The Morgan fingerprint density at radius 1 is 1.19 bits per heavy atom. The quantitative estimate of drug-likeness (QED) is 0.619. The molecule has 3 rings (SSSR count). The molecular formula is C19H24N2O6. The number of hydrogen-bond donors (Lipinski definition) is 4. The van der Waals surface area contributed by atoms with Crippen LogP contribution in [0.3, 0.4) is 0 Å².